The fourth-order valence-corrected chi connectivity index (χ4v) is 3.16. The number of halogens is 1. The Morgan fingerprint density at radius 3 is 2.33 bits per heavy atom. The van der Waals surface area contributed by atoms with Gasteiger partial charge in [-0.05, 0) is 48.9 Å². The standard InChI is InChI=1S/C19H21ClN2O2/c1-14-3-6-16(20)13-18(14)21-9-11-22(12-10-21)19(23)15-4-7-17(24-2)8-5-15/h3-8,13H,9-12H2,1-2H3. The van der Waals surface area contributed by atoms with Crippen molar-refractivity contribution in [2.75, 3.05) is 38.2 Å². The summed E-state index contributed by atoms with van der Waals surface area (Å²) in [6.07, 6.45) is 0. The van der Waals surface area contributed by atoms with Crippen LogP contribution in [0.25, 0.3) is 0 Å². The number of amides is 1. The van der Waals surface area contributed by atoms with Gasteiger partial charge in [0, 0.05) is 42.5 Å². The van der Waals surface area contributed by atoms with Crippen LogP contribution in [0.15, 0.2) is 42.5 Å². The Balaban J connectivity index is 1.65. The average molecular weight is 345 g/mol. The molecule has 2 aromatic carbocycles. The largest absolute Gasteiger partial charge is 0.497 e. The maximum Gasteiger partial charge on any atom is 0.253 e. The third-order valence-electron chi connectivity index (χ3n) is 4.42. The number of benzene rings is 2. The third-order valence-corrected chi connectivity index (χ3v) is 4.65. The molecule has 2 aromatic rings. The van der Waals surface area contributed by atoms with E-state index in [-0.39, 0.29) is 5.91 Å². The maximum atomic E-state index is 12.6. The molecule has 1 saturated heterocycles. The number of piperazine rings is 1. The Hall–Kier alpha value is -2.20. The van der Waals surface area contributed by atoms with Gasteiger partial charge in [0.1, 0.15) is 5.75 Å². The summed E-state index contributed by atoms with van der Waals surface area (Å²) >= 11 is 6.12. The first-order valence-corrected chi connectivity index (χ1v) is 8.40. The molecule has 5 heteroatoms. The second kappa shape index (κ2) is 7.14. The summed E-state index contributed by atoms with van der Waals surface area (Å²) in [4.78, 5) is 16.8. The Morgan fingerprint density at radius 2 is 1.71 bits per heavy atom. The van der Waals surface area contributed by atoms with Gasteiger partial charge in [-0.25, -0.2) is 0 Å². The smallest absolute Gasteiger partial charge is 0.253 e. The molecule has 0 atom stereocenters. The Kier molecular flexibility index (Phi) is 4.95. The highest BCUT2D eigenvalue weighted by atomic mass is 35.5. The van der Waals surface area contributed by atoms with E-state index in [1.54, 1.807) is 7.11 Å². The first-order valence-electron chi connectivity index (χ1n) is 8.03. The summed E-state index contributed by atoms with van der Waals surface area (Å²) in [5.41, 5.74) is 3.05. The molecule has 3 rings (SSSR count). The highest BCUT2D eigenvalue weighted by molar-refractivity contribution is 6.30. The number of carbonyl (C=O) groups excluding carboxylic acids is 1. The molecule has 0 spiro atoms. The van der Waals surface area contributed by atoms with Crippen LogP contribution in [0.4, 0.5) is 5.69 Å². The molecule has 0 saturated carbocycles. The SMILES string of the molecule is COc1ccc(C(=O)N2CCN(c3cc(Cl)ccc3C)CC2)cc1. The van der Waals surface area contributed by atoms with Crippen LogP contribution in [-0.4, -0.2) is 44.1 Å². The molecular weight excluding hydrogens is 324 g/mol. The quantitative estimate of drug-likeness (QED) is 0.852. The highest BCUT2D eigenvalue weighted by Crippen LogP contribution is 2.25. The van der Waals surface area contributed by atoms with E-state index in [1.807, 2.05) is 47.4 Å². The van der Waals surface area contributed by atoms with Gasteiger partial charge in [-0.2, -0.15) is 0 Å². The average Bonchev–Trinajstić information content (AvgIpc) is 2.63. The van der Waals surface area contributed by atoms with Gasteiger partial charge >= 0.3 is 0 Å². The van der Waals surface area contributed by atoms with E-state index >= 15 is 0 Å². The van der Waals surface area contributed by atoms with E-state index in [0.717, 1.165) is 29.5 Å². The Bertz CT molecular complexity index is 723. The monoisotopic (exact) mass is 344 g/mol. The van der Waals surface area contributed by atoms with Crippen LogP contribution in [-0.2, 0) is 0 Å². The lowest BCUT2D eigenvalue weighted by molar-refractivity contribution is 0.0746. The van der Waals surface area contributed by atoms with Gasteiger partial charge in [0.05, 0.1) is 7.11 Å². The summed E-state index contributed by atoms with van der Waals surface area (Å²) in [7, 11) is 1.62. The zero-order valence-corrected chi connectivity index (χ0v) is 14.7. The van der Waals surface area contributed by atoms with Crippen molar-refractivity contribution < 1.29 is 9.53 Å². The molecule has 0 unspecified atom stereocenters. The molecule has 24 heavy (non-hydrogen) atoms. The molecule has 1 aliphatic heterocycles. The van der Waals surface area contributed by atoms with Gasteiger partial charge in [-0.15, -0.1) is 0 Å². The van der Waals surface area contributed by atoms with Crippen molar-refractivity contribution in [1.29, 1.82) is 0 Å². The second-order valence-corrected chi connectivity index (χ2v) is 6.37. The van der Waals surface area contributed by atoms with Gasteiger partial charge in [0.2, 0.25) is 0 Å². The third kappa shape index (κ3) is 3.49. The van der Waals surface area contributed by atoms with E-state index in [0.29, 0.717) is 18.7 Å². The second-order valence-electron chi connectivity index (χ2n) is 5.94. The Morgan fingerprint density at radius 1 is 1.04 bits per heavy atom. The van der Waals surface area contributed by atoms with Gasteiger partial charge < -0.3 is 14.5 Å². The minimum absolute atomic E-state index is 0.0696. The van der Waals surface area contributed by atoms with Crippen LogP contribution in [0.2, 0.25) is 5.02 Å². The molecule has 1 aliphatic rings. The van der Waals surface area contributed by atoms with Crippen LogP contribution in [0.3, 0.4) is 0 Å². The first kappa shape index (κ1) is 16.7. The molecule has 0 bridgehead atoms. The number of hydrogen-bond acceptors (Lipinski definition) is 3. The van der Waals surface area contributed by atoms with Crippen molar-refractivity contribution in [3.63, 3.8) is 0 Å². The lowest BCUT2D eigenvalue weighted by Gasteiger charge is -2.37. The summed E-state index contributed by atoms with van der Waals surface area (Å²) in [5.74, 6) is 0.827. The van der Waals surface area contributed by atoms with Crippen molar-refractivity contribution in [2.24, 2.45) is 0 Å². The van der Waals surface area contributed by atoms with Crippen LogP contribution >= 0.6 is 11.6 Å². The highest BCUT2D eigenvalue weighted by Gasteiger charge is 2.23. The van der Waals surface area contributed by atoms with Gasteiger partial charge in [-0.3, -0.25) is 4.79 Å². The number of ether oxygens (including phenoxy) is 1. The molecule has 0 N–H and O–H groups in total. The zero-order valence-electron chi connectivity index (χ0n) is 14.0. The van der Waals surface area contributed by atoms with E-state index < -0.39 is 0 Å². The lowest BCUT2D eigenvalue weighted by atomic mass is 10.1. The lowest BCUT2D eigenvalue weighted by Crippen LogP contribution is -2.49. The van der Waals surface area contributed by atoms with Crippen molar-refractivity contribution >= 4 is 23.2 Å². The number of hydrogen-bond donors (Lipinski definition) is 0. The van der Waals surface area contributed by atoms with Crippen molar-refractivity contribution in [3.8, 4) is 5.75 Å². The predicted octanol–water partition coefficient (Wildman–Crippen LogP) is 3.62. The Labute approximate surface area is 147 Å². The van der Waals surface area contributed by atoms with E-state index in [4.69, 9.17) is 16.3 Å². The summed E-state index contributed by atoms with van der Waals surface area (Å²) in [5, 5.41) is 0.743. The van der Waals surface area contributed by atoms with E-state index in [1.165, 1.54) is 5.56 Å². The molecule has 0 aromatic heterocycles. The number of methoxy groups -OCH3 is 1. The van der Waals surface area contributed by atoms with Crippen molar-refractivity contribution in [3.05, 3.63) is 58.6 Å². The number of carbonyl (C=O) groups is 1. The fraction of sp³-hybridized carbons (Fsp3) is 0.316. The van der Waals surface area contributed by atoms with Crippen LogP contribution in [0.1, 0.15) is 15.9 Å². The van der Waals surface area contributed by atoms with Gasteiger partial charge in [0.15, 0.2) is 0 Å². The summed E-state index contributed by atoms with van der Waals surface area (Å²) in [6.45, 7) is 5.11. The van der Waals surface area contributed by atoms with Crippen LogP contribution < -0.4 is 9.64 Å². The molecule has 4 nitrogen and oxygen atoms in total. The molecule has 1 amide bonds. The minimum atomic E-state index is 0.0696. The molecule has 1 fully saturated rings. The van der Waals surface area contributed by atoms with Crippen molar-refractivity contribution in [1.82, 2.24) is 4.90 Å². The zero-order chi connectivity index (χ0) is 17.1. The fourth-order valence-electron chi connectivity index (χ4n) is 2.99. The number of nitrogens with zero attached hydrogens (tertiary/aromatic N) is 2. The first-order chi connectivity index (χ1) is 11.6. The molecule has 0 radical (unpaired) electrons. The van der Waals surface area contributed by atoms with Crippen LogP contribution in [0.5, 0.6) is 5.75 Å². The summed E-state index contributed by atoms with van der Waals surface area (Å²) in [6, 6.07) is 13.2. The predicted molar refractivity (Wildman–Crippen MR) is 97.3 cm³/mol. The van der Waals surface area contributed by atoms with E-state index in [2.05, 4.69) is 11.8 Å². The van der Waals surface area contributed by atoms with Crippen LogP contribution in [0, 0.1) is 6.92 Å². The topological polar surface area (TPSA) is 32.8 Å². The summed E-state index contributed by atoms with van der Waals surface area (Å²) < 4.78 is 5.14. The van der Waals surface area contributed by atoms with Gasteiger partial charge in [-0.1, -0.05) is 17.7 Å². The van der Waals surface area contributed by atoms with Crippen molar-refractivity contribution in [2.45, 2.75) is 6.92 Å². The number of aryl methyl sites for hydroxylation is 1. The number of rotatable bonds is 3. The molecule has 1 heterocycles. The van der Waals surface area contributed by atoms with E-state index in [9.17, 15) is 4.79 Å². The number of anilines is 1. The molecule has 126 valence electrons. The molecular formula is C19H21ClN2O2. The normalized spacial score (nSPS) is 14.6. The minimum Gasteiger partial charge on any atom is -0.497 e. The molecule has 0 aliphatic carbocycles. The maximum absolute atomic E-state index is 12.6. The van der Waals surface area contributed by atoms with Gasteiger partial charge in [0.25, 0.3) is 5.91 Å².